The van der Waals surface area contributed by atoms with E-state index >= 15 is 0 Å². The Morgan fingerprint density at radius 1 is 1.31 bits per heavy atom. The van der Waals surface area contributed by atoms with E-state index in [9.17, 15) is 8.42 Å². The molecule has 2 fully saturated rings. The van der Waals surface area contributed by atoms with Crippen LogP contribution in [0.2, 0.25) is 0 Å². The van der Waals surface area contributed by atoms with Crippen LogP contribution in [0.25, 0.3) is 0 Å². The van der Waals surface area contributed by atoms with E-state index in [1.54, 1.807) is 7.11 Å². The SMILES string of the molecule is COC1CCS(=O)(=O)CC1N1CCNCC1. The second-order valence-electron chi connectivity index (χ2n) is 4.53. The van der Waals surface area contributed by atoms with Gasteiger partial charge >= 0.3 is 0 Å². The molecule has 0 radical (unpaired) electrons. The zero-order valence-electron chi connectivity index (χ0n) is 9.68. The highest BCUT2D eigenvalue weighted by Crippen LogP contribution is 2.20. The van der Waals surface area contributed by atoms with Crippen LogP contribution in [0.15, 0.2) is 0 Å². The number of nitrogens with one attached hydrogen (secondary N) is 1. The van der Waals surface area contributed by atoms with Gasteiger partial charge in [0.05, 0.1) is 17.6 Å². The van der Waals surface area contributed by atoms with Gasteiger partial charge in [-0.3, -0.25) is 4.90 Å². The minimum Gasteiger partial charge on any atom is -0.380 e. The Bertz CT molecular complexity index is 325. The number of methoxy groups -OCH3 is 1. The van der Waals surface area contributed by atoms with Gasteiger partial charge in [-0.05, 0) is 6.42 Å². The molecule has 2 heterocycles. The van der Waals surface area contributed by atoms with E-state index in [0.717, 1.165) is 26.2 Å². The monoisotopic (exact) mass is 248 g/mol. The van der Waals surface area contributed by atoms with E-state index in [-0.39, 0.29) is 23.7 Å². The van der Waals surface area contributed by atoms with Gasteiger partial charge in [-0.1, -0.05) is 0 Å². The number of nitrogens with zero attached hydrogens (tertiary/aromatic N) is 1. The van der Waals surface area contributed by atoms with Gasteiger partial charge in [0.2, 0.25) is 0 Å². The molecule has 2 aliphatic rings. The fraction of sp³-hybridized carbons (Fsp3) is 1.00. The van der Waals surface area contributed by atoms with Crippen molar-refractivity contribution in [2.24, 2.45) is 0 Å². The van der Waals surface area contributed by atoms with Crippen molar-refractivity contribution in [2.75, 3.05) is 44.8 Å². The first-order valence-corrected chi connectivity index (χ1v) is 7.62. The maximum atomic E-state index is 11.7. The molecule has 94 valence electrons. The van der Waals surface area contributed by atoms with Gasteiger partial charge in [-0.2, -0.15) is 0 Å². The van der Waals surface area contributed by atoms with Crippen LogP contribution in [-0.2, 0) is 14.6 Å². The molecule has 0 aliphatic carbocycles. The highest BCUT2D eigenvalue weighted by Gasteiger charge is 2.37. The molecule has 0 aromatic carbocycles. The summed E-state index contributed by atoms with van der Waals surface area (Å²) in [6.45, 7) is 3.71. The van der Waals surface area contributed by atoms with Gasteiger partial charge in [-0.25, -0.2) is 8.42 Å². The van der Waals surface area contributed by atoms with E-state index < -0.39 is 9.84 Å². The predicted octanol–water partition coefficient (Wildman–Crippen LogP) is -0.906. The predicted molar refractivity (Wildman–Crippen MR) is 62.3 cm³/mol. The van der Waals surface area contributed by atoms with Crippen molar-refractivity contribution in [3.8, 4) is 0 Å². The Morgan fingerprint density at radius 3 is 2.62 bits per heavy atom. The van der Waals surface area contributed by atoms with Crippen LogP contribution in [0.1, 0.15) is 6.42 Å². The number of rotatable bonds is 2. The van der Waals surface area contributed by atoms with E-state index in [1.807, 2.05) is 0 Å². The van der Waals surface area contributed by atoms with E-state index in [4.69, 9.17) is 4.74 Å². The zero-order valence-corrected chi connectivity index (χ0v) is 10.5. The van der Waals surface area contributed by atoms with Crippen molar-refractivity contribution in [2.45, 2.75) is 18.6 Å². The molecule has 0 aromatic heterocycles. The lowest BCUT2D eigenvalue weighted by Gasteiger charge is -2.40. The van der Waals surface area contributed by atoms with Crippen molar-refractivity contribution < 1.29 is 13.2 Å². The Kier molecular flexibility index (Phi) is 3.84. The van der Waals surface area contributed by atoms with E-state index in [0.29, 0.717) is 6.42 Å². The molecule has 16 heavy (non-hydrogen) atoms. The first kappa shape index (κ1) is 12.3. The summed E-state index contributed by atoms with van der Waals surface area (Å²) >= 11 is 0. The van der Waals surface area contributed by atoms with Crippen molar-refractivity contribution >= 4 is 9.84 Å². The molecule has 0 saturated carbocycles. The summed E-state index contributed by atoms with van der Waals surface area (Å²) in [6.07, 6.45) is 0.703. The highest BCUT2D eigenvalue weighted by atomic mass is 32.2. The van der Waals surface area contributed by atoms with Gasteiger partial charge in [0.1, 0.15) is 0 Å². The summed E-state index contributed by atoms with van der Waals surface area (Å²) in [5.74, 6) is 0.527. The Morgan fingerprint density at radius 2 is 2.00 bits per heavy atom. The maximum absolute atomic E-state index is 11.7. The molecule has 0 bridgehead atoms. The quantitative estimate of drug-likeness (QED) is 0.686. The first-order chi connectivity index (χ1) is 7.62. The third-order valence-corrected chi connectivity index (χ3v) is 5.20. The minimum absolute atomic E-state index is 0.0471. The average Bonchev–Trinajstić information content (AvgIpc) is 2.29. The molecular formula is C10H20N2O3S. The number of hydrogen-bond acceptors (Lipinski definition) is 5. The summed E-state index contributed by atoms with van der Waals surface area (Å²) in [7, 11) is -1.19. The molecule has 0 amide bonds. The number of sulfone groups is 1. The number of ether oxygens (including phenoxy) is 1. The number of piperazine rings is 1. The van der Waals surface area contributed by atoms with Crippen LogP contribution in [0.5, 0.6) is 0 Å². The minimum atomic E-state index is -2.87. The topological polar surface area (TPSA) is 58.6 Å². The van der Waals surface area contributed by atoms with Crippen LogP contribution in [-0.4, -0.2) is 70.3 Å². The lowest BCUT2D eigenvalue weighted by Crippen LogP contribution is -2.57. The van der Waals surface area contributed by atoms with Gasteiger partial charge in [0, 0.05) is 39.3 Å². The second-order valence-corrected chi connectivity index (χ2v) is 6.76. The molecule has 2 saturated heterocycles. The Labute approximate surface area is 97.1 Å². The molecule has 2 aliphatic heterocycles. The van der Waals surface area contributed by atoms with Gasteiger partial charge in [0.25, 0.3) is 0 Å². The van der Waals surface area contributed by atoms with E-state index in [2.05, 4.69) is 10.2 Å². The van der Waals surface area contributed by atoms with Gasteiger partial charge in [-0.15, -0.1) is 0 Å². The van der Waals surface area contributed by atoms with Crippen LogP contribution < -0.4 is 5.32 Å². The first-order valence-electron chi connectivity index (χ1n) is 5.80. The molecule has 0 aromatic rings. The van der Waals surface area contributed by atoms with Crippen LogP contribution in [0.3, 0.4) is 0 Å². The standard InChI is InChI=1S/C10H20N2O3S/c1-15-10-2-7-16(13,14)8-9(10)12-5-3-11-4-6-12/h9-11H,2-8H2,1H3. The Hall–Kier alpha value is -0.170. The normalized spacial score (nSPS) is 36.1. The Balaban J connectivity index is 2.07. The molecule has 1 N–H and O–H groups in total. The van der Waals surface area contributed by atoms with Crippen molar-refractivity contribution in [1.82, 2.24) is 10.2 Å². The van der Waals surface area contributed by atoms with Gasteiger partial charge in [0.15, 0.2) is 9.84 Å². The molecule has 2 atom stereocenters. The summed E-state index contributed by atoms with van der Waals surface area (Å²) in [4.78, 5) is 2.25. The largest absolute Gasteiger partial charge is 0.380 e. The molecule has 6 heteroatoms. The van der Waals surface area contributed by atoms with E-state index in [1.165, 1.54) is 0 Å². The average molecular weight is 248 g/mol. The van der Waals surface area contributed by atoms with Crippen LogP contribution in [0, 0.1) is 0 Å². The maximum Gasteiger partial charge on any atom is 0.152 e. The summed E-state index contributed by atoms with van der Waals surface area (Å²) in [5.41, 5.74) is 0. The van der Waals surface area contributed by atoms with Crippen LogP contribution in [0.4, 0.5) is 0 Å². The lowest BCUT2D eigenvalue weighted by molar-refractivity contribution is 0.0133. The fourth-order valence-electron chi connectivity index (χ4n) is 2.57. The number of hydrogen-bond donors (Lipinski definition) is 1. The third-order valence-electron chi connectivity index (χ3n) is 3.49. The highest BCUT2D eigenvalue weighted by molar-refractivity contribution is 7.91. The fourth-order valence-corrected chi connectivity index (χ4v) is 4.27. The summed E-state index contributed by atoms with van der Waals surface area (Å²) in [6, 6.07) is 0.0471. The van der Waals surface area contributed by atoms with Crippen molar-refractivity contribution in [1.29, 1.82) is 0 Å². The second kappa shape index (κ2) is 5.00. The molecule has 2 unspecified atom stereocenters. The molecule has 0 spiro atoms. The van der Waals surface area contributed by atoms with Crippen molar-refractivity contribution in [3.05, 3.63) is 0 Å². The molecular weight excluding hydrogens is 228 g/mol. The lowest BCUT2D eigenvalue weighted by atomic mass is 10.1. The smallest absolute Gasteiger partial charge is 0.152 e. The molecule has 5 nitrogen and oxygen atoms in total. The zero-order chi connectivity index (χ0) is 11.6. The van der Waals surface area contributed by atoms with Crippen molar-refractivity contribution in [3.63, 3.8) is 0 Å². The summed E-state index contributed by atoms with van der Waals surface area (Å²) < 4.78 is 28.8. The molecule has 2 rings (SSSR count). The summed E-state index contributed by atoms with van der Waals surface area (Å²) in [5, 5.41) is 3.28. The van der Waals surface area contributed by atoms with Gasteiger partial charge < -0.3 is 10.1 Å². The van der Waals surface area contributed by atoms with Crippen LogP contribution >= 0.6 is 0 Å². The third kappa shape index (κ3) is 2.74.